The second-order valence-electron chi connectivity index (χ2n) is 5.64. The van der Waals surface area contributed by atoms with E-state index in [0.29, 0.717) is 5.69 Å². The van der Waals surface area contributed by atoms with E-state index < -0.39 is 0 Å². The third kappa shape index (κ3) is 2.66. The van der Waals surface area contributed by atoms with Gasteiger partial charge in [-0.1, -0.05) is 6.92 Å². The number of rotatable bonds is 3. The molecule has 0 saturated carbocycles. The Labute approximate surface area is 115 Å². The first-order chi connectivity index (χ1) is 8.99. The van der Waals surface area contributed by atoms with Crippen molar-refractivity contribution in [2.75, 3.05) is 19.6 Å². The Morgan fingerprint density at radius 2 is 2.21 bits per heavy atom. The van der Waals surface area contributed by atoms with Crippen LogP contribution in [0, 0.1) is 0 Å². The van der Waals surface area contributed by atoms with Crippen LogP contribution >= 0.6 is 0 Å². The van der Waals surface area contributed by atoms with Gasteiger partial charge in [-0.15, -0.1) is 0 Å². The van der Waals surface area contributed by atoms with E-state index in [9.17, 15) is 4.79 Å². The maximum atomic E-state index is 12.8. The Kier molecular flexibility index (Phi) is 3.94. The van der Waals surface area contributed by atoms with Gasteiger partial charge in [-0.05, 0) is 33.3 Å². The lowest BCUT2D eigenvalue weighted by Crippen LogP contribution is -2.60. The number of hydrogen-bond donors (Lipinski definition) is 1. The molecule has 106 valence electrons. The van der Waals surface area contributed by atoms with Gasteiger partial charge in [0.15, 0.2) is 0 Å². The van der Waals surface area contributed by atoms with Gasteiger partial charge in [0.25, 0.3) is 5.91 Å². The van der Waals surface area contributed by atoms with Gasteiger partial charge in [0.2, 0.25) is 0 Å². The van der Waals surface area contributed by atoms with Crippen LogP contribution in [0.5, 0.6) is 0 Å². The quantitative estimate of drug-likeness (QED) is 0.895. The molecular weight excluding hydrogens is 240 g/mol. The first kappa shape index (κ1) is 14.1. The number of nitrogens with one attached hydrogen (secondary N) is 1. The molecule has 2 rings (SSSR count). The first-order valence-corrected chi connectivity index (χ1v) is 7.09. The predicted molar refractivity (Wildman–Crippen MR) is 75.3 cm³/mol. The summed E-state index contributed by atoms with van der Waals surface area (Å²) in [5.41, 5.74) is 1.55. The molecule has 1 fully saturated rings. The van der Waals surface area contributed by atoms with Crippen molar-refractivity contribution in [1.82, 2.24) is 20.0 Å². The number of aromatic nitrogens is 2. The summed E-state index contributed by atoms with van der Waals surface area (Å²) in [6, 6.07) is 1.93. The number of piperazine rings is 1. The second kappa shape index (κ2) is 5.33. The SMILES string of the molecule is CCc1cc(C(=O)N2CCNCC2(C)C)n(CC)n1. The third-order valence-corrected chi connectivity index (χ3v) is 3.76. The molecule has 5 nitrogen and oxygen atoms in total. The molecule has 0 bridgehead atoms. The third-order valence-electron chi connectivity index (χ3n) is 3.76. The molecule has 0 aromatic carbocycles. The second-order valence-corrected chi connectivity index (χ2v) is 5.64. The summed E-state index contributed by atoms with van der Waals surface area (Å²) < 4.78 is 1.82. The lowest BCUT2D eigenvalue weighted by molar-refractivity contribution is 0.0465. The van der Waals surface area contributed by atoms with E-state index in [1.807, 2.05) is 22.6 Å². The number of amides is 1. The minimum atomic E-state index is -0.148. The summed E-state index contributed by atoms with van der Waals surface area (Å²) in [5, 5.41) is 7.80. The number of aryl methyl sites for hydroxylation is 2. The summed E-state index contributed by atoms with van der Waals surface area (Å²) in [6.07, 6.45) is 0.859. The van der Waals surface area contributed by atoms with Crippen molar-refractivity contribution >= 4 is 5.91 Å². The van der Waals surface area contributed by atoms with Crippen LogP contribution in [-0.2, 0) is 13.0 Å². The van der Waals surface area contributed by atoms with Crippen molar-refractivity contribution in [3.8, 4) is 0 Å². The molecule has 0 unspecified atom stereocenters. The highest BCUT2D eigenvalue weighted by molar-refractivity contribution is 5.93. The first-order valence-electron chi connectivity index (χ1n) is 7.09. The highest BCUT2D eigenvalue weighted by Gasteiger charge is 2.35. The highest BCUT2D eigenvalue weighted by Crippen LogP contribution is 2.20. The predicted octanol–water partition coefficient (Wildman–Crippen LogP) is 1.29. The molecule has 0 aliphatic carbocycles. The van der Waals surface area contributed by atoms with E-state index in [2.05, 4.69) is 31.2 Å². The fourth-order valence-electron chi connectivity index (χ4n) is 2.55. The van der Waals surface area contributed by atoms with Gasteiger partial charge >= 0.3 is 0 Å². The molecule has 1 N–H and O–H groups in total. The van der Waals surface area contributed by atoms with Crippen molar-refractivity contribution in [1.29, 1.82) is 0 Å². The summed E-state index contributed by atoms with van der Waals surface area (Å²) in [7, 11) is 0. The number of carbonyl (C=O) groups is 1. The molecule has 1 aliphatic rings. The van der Waals surface area contributed by atoms with Crippen LogP contribution < -0.4 is 5.32 Å². The van der Waals surface area contributed by atoms with Crippen molar-refractivity contribution < 1.29 is 4.79 Å². The molecule has 1 aromatic rings. The van der Waals surface area contributed by atoms with Gasteiger partial charge in [0.05, 0.1) is 11.2 Å². The fraction of sp³-hybridized carbons (Fsp3) is 0.714. The molecule has 5 heteroatoms. The Morgan fingerprint density at radius 3 is 2.79 bits per heavy atom. The number of nitrogens with zero attached hydrogens (tertiary/aromatic N) is 3. The van der Waals surface area contributed by atoms with E-state index in [1.165, 1.54) is 0 Å². The van der Waals surface area contributed by atoms with E-state index >= 15 is 0 Å². The molecule has 1 saturated heterocycles. The van der Waals surface area contributed by atoms with Crippen molar-refractivity contribution in [2.45, 2.75) is 46.2 Å². The Bertz CT molecular complexity index is 464. The van der Waals surface area contributed by atoms with E-state index in [4.69, 9.17) is 0 Å². The summed E-state index contributed by atoms with van der Waals surface area (Å²) in [4.78, 5) is 14.7. The van der Waals surface area contributed by atoms with Crippen molar-refractivity contribution in [2.24, 2.45) is 0 Å². The lowest BCUT2D eigenvalue weighted by atomic mass is 9.99. The largest absolute Gasteiger partial charge is 0.330 e. The highest BCUT2D eigenvalue weighted by atomic mass is 16.2. The zero-order chi connectivity index (χ0) is 14.0. The average Bonchev–Trinajstić information content (AvgIpc) is 2.80. The molecule has 0 atom stereocenters. The van der Waals surface area contributed by atoms with Gasteiger partial charge in [-0.2, -0.15) is 5.10 Å². The topological polar surface area (TPSA) is 50.2 Å². The number of hydrogen-bond acceptors (Lipinski definition) is 3. The van der Waals surface area contributed by atoms with Crippen LogP contribution in [-0.4, -0.2) is 45.8 Å². The van der Waals surface area contributed by atoms with Crippen molar-refractivity contribution in [3.05, 3.63) is 17.5 Å². The average molecular weight is 264 g/mol. The van der Waals surface area contributed by atoms with E-state index in [1.54, 1.807) is 0 Å². The summed E-state index contributed by atoms with van der Waals surface area (Å²) in [5.74, 6) is 0.0977. The van der Waals surface area contributed by atoms with Gasteiger partial charge in [0.1, 0.15) is 5.69 Å². The maximum absolute atomic E-state index is 12.8. The van der Waals surface area contributed by atoms with Crippen LogP contribution in [0.4, 0.5) is 0 Å². The summed E-state index contributed by atoms with van der Waals surface area (Å²) >= 11 is 0. The molecule has 1 aliphatic heterocycles. The molecular formula is C14H24N4O. The van der Waals surface area contributed by atoms with Gasteiger partial charge in [0, 0.05) is 26.2 Å². The normalized spacial score (nSPS) is 18.6. The molecule has 0 radical (unpaired) electrons. The van der Waals surface area contributed by atoms with Crippen LogP contribution in [0.3, 0.4) is 0 Å². The Morgan fingerprint density at radius 1 is 1.47 bits per heavy atom. The Balaban J connectivity index is 2.30. The minimum absolute atomic E-state index is 0.0977. The monoisotopic (exact) mass is 264 g/mol. The zero-order valence-corrected chi connectivity index (χ0v) is 12.4. The number of carbonyl (C=O) groups excluding carboxylic acids is 1. The van der Waals surface area contributed by atoms with Crippen LogP contribution in [0.15, 0.2) is 6.07 Å². The lowest BCUT2D eigenvalue weighted by Gasteiger charge is -2.42. The molecule has 19 heavy (non-hydrogen) atoms. The molecule has 1 amide bonds. The fourth-order valence-corrected chi connectivity index (χ4v) is 2.55. The zero-order valence-electron chi connectivity index (χ0n) is 12.4. The smallest absolute Gasteiger partial charge is 0.272 e. The maximum Gasteiger partial charge on any atom is 0.272 e. The van der Waals surface area contributed by atoms with Gasteiger partial charge < -0.3 is 10.2 Å². The molecule has 0 spiro atoms. The standard InChI is InChI=1S/C14H24N4O/c1-5-11-9-12(18(6-2)16-11)13(19)17-8-7-15-10-14(17,3)4/h9,15H,5-8,10H2,1-4H3. The minimum Gasteiger partial charge on any atom is -0.330 e. The Hall–Kier alpha value is -1.36. The molecule has 1 aromatic heterocycles. The van der Waals surface area contributed by atoms with Crippen LogP contribution in [0.1, 0.15) is 43.9 Å². The van der Waals surface area contributed by atoms with E-state index in [0.717, 1.165) is 38.3 Å². The van der Waals surface area contributed by atoms with Crippen molar-refractivity contribution in [3.63, 3.8) is 0 Å². The summed E-state index contributed by atoms with van der Waals surface area (Å²) in [6.45, 7) is 11.5. The van der Waals surface area contributed by atoms with Crippen LogP contribution in [0.2, 0.25) is 0 Å². The van der Waals surface area contributed by atoms with E-state index in [-0.39, 0.29) is 11.4 Å². The van der Waals surface area contributed by atoms with Gasteiger partial charge in [-0.3, -0.25) is 9.48 Å². The van der Waals surface area contributed by atoms with Crippen LogP contribution in [0.25, 0.3) is 0 Å². The van der Waals surface area contributed by atoms with Gasteiger partial charge in [-0.25, -0.2) is 0 Å². The molecule has 2 heterocycles.